The van der Waals surface area contributed by atoms with E-state index in [-0.39, 0.29) is 36.4 Å². The summed E-state index contributed by atoms with van der Waals surface area (Å²) in [7, 11) is 0. The molecule has 0 unspecified atom stereocenters. The first kappa shape index (κ1) is 52.0. The minimum Gasteiger partial charge on any atom is -0.450 e. The van der Waals surface area contributed by atoms with Crippen molar-refractivity contribution in [3.8, 4) is 6.07 Å². The van der Waals surface area contributed by atoms with Gasteiger partial charge in [-0.15, -0.1) is 10.2 Å². The minimum atomic E-state index is -0.616. The molecule has 5 rings (SSSR count). The van der Waals surface area contributed by atoms with Crippen molar-refractivity contribution in [1.29, 1.82) is 5.26 Å². The number of hydrogen-bond donors (Lipinski definition) is 3. The molecule has 0 atom stereocenters. The normalized spacial score (nSPS) is 11.9. The third kappa shape index (κ3) is 24.0. The van der Waals surface area contributed by atoms with E-state index in [1.54, 1.807) is 85.7 Å². The number of benzene rings is 2. The molecule has 4 N–H and O–H groups in total. The summed E-state index contributed by atoms with van der Waals surface area (Å²) in [5.41, 5.74) is 7.39. The van der Waals surface area contributed by atoms with Crippen molar-refractivity contribution in [3.05, 3.63) is 90.6 Å². The number of hydrogen-bond acceptors (Lipinski definition) is 16. The molecular formula is C45H58N10O8. The fraction of sp³-hybridized carbons (Fsp3) is 0.400. The zero-order valence-corrected chi connectivity index (χ0v) is 37.2. The number of nitriles is 1. The Kier molecular flexibility index (Phi) is 22.8. The fourth-order valence-corrected chi connectivity index (χ4v) is 4.47. The Bertz CT molecular complexity index is 2140. The second-order valence-corrected chi connectivity index (χ2v) is 15.1. The highest BCUT2D eigenvalue weighted by Gasteiger charge is 2.19. The van der Waals surface area contributed by atoms with Gasteiger partial charge in [-0.3, -0.25) is 20.2 Å². The molecule has 18 nitrogen and oxygen atoms in total. The number of esters is 1. The fourth-order valence-electron chi connectivity index (χ4n) is 4.47. The van der Waals surface area contributed by atoms with Crippen molar-refractivity contribution in [1.82, 2.24) is 9.97 Å². The molecule has 2 aromatic heterocycles. The number of ether oxygens (including phenoxy) is 4. The van der Waals surface area contributed by atoms with Crippen molar-refractivity contribution >= 4 is 64.1 Å². The van der Waals surface area contributed by atoms with Gasteiger partial charge in [-0.25, -0.2) is 19.6 Å². The average Bonchev–Trinajstić information content (AvgIpc) is 3.83. The number of carbonyl (C=O) groups excluding carboxylic acids is 4. The maximum Gasteiger partial charge on any atom is 0.413 e. The Hall–Kier alpha value is -7.13. The molecule has 2 aromatic carbocycles. The monoisotopic (exact) mass is 866 g/mol. The third-order valence-electron chi connectivity index (χ3n) is 7.34. The molecule has 0 saturated carbocycles. The molecule has 4 aromatic rings. The summed E-state index contributed by atoms with van der Waals surface area (Å²) in [4.78, 5) is 54.1. The van der Waals surface area contributed by atoms with E-state index in [1.807, 2.05) is 60.7 Å². The van der Waals surface area contributed by atoms with Gasteiger partial charge in [-0.05, 0) is 103 Å². The number of anilines is 3. The molecule has 63 heavy (non-hydrogen) atoms. The topological polar surface area (TPSA) is 254 Å². The molecule has 2 amide bonds. The highest BCUT2D eigenvalue weighted by Crippen LogP contribution is 2.26. The highest BCUT2D eigenvalue weighted by molar-refractivity contribution is 5.85. The molecule has 0 bridgehead atoms. The first-order valence-corrected chi connectivity index (χ1v) is 20.2. The lowest BCUT2D eigenvalue weighted by molar-refractivity contribution is -0.141. The third-order valence-corrected chi connectivity index (χ3v) is 7.34. The maximum absolute atomic E-state index is 11.9. The SMILES string of the molecule is C1CCOC1.CC(C)(C)OC(=O)Nc1ccc(N=Nc2ccccc2)c(N)n1.CCC(=O)Cc1nc(NC(=O)OC(C)(C)C)ccc1N=Nc1ccccc1.CCC(=O)OCC#N. The van der Waals surface area contributed by atoms with Crippen LogP contribution in [0.2, 0.25) is 0 Å². The van der Waals surface area contributed by atoms with E-state index in [1.165, 1.54) is 12.8 Å². The maximum atomic E-state index is 11.9. The number of nitrogen functional groups attached to an aromatic ring is 1. The van der Waals surface area contributed by atoms with Crippen molar-refractivity contribution in [2.75, 3.05) is 36.2 Å². The number of nitrogens with zero attached hydrogens (tertiary/aromatic N) is 7. The van der Waals surface area contributed by atoms with Gasteiger partial charge in [0.15, 0.2) is 12.4 Å². The summed E-state index contributed by atoms with van der Waals surface area (Å²) >= 11 is 0. The number of nitrogens with two attached hydrogens (primary N) is 1. The number of pyridine rings is 2. The summed E-state index contributed by atoms with van der Waals surface area (Å²) in [6, 6.07) is 26.7. The zero-order chi connectivity index (χ0) is 46.7. The molecule has 3 heterocycles. The lowest BCUT2D eigenvalue weighted by Crippen LogP contribution is -2.27. The number of aromatic nitrogens is 2. The zero-order valence-electron chi connectivity index (χ0n) is 37.2. The quantitative estimate of drug-likeness (QED) is 0.0723. The van der Waals surface area contributed by atoms with Gasteiger partial charge in [0.2, 0.25) is 0 Å². The standard InChI is InChI=1S/C20H24N4O3.C16H19N5O2.C5H7NO2.C4H8O/c1-5-15(25)13-17-16(24-23-14-9-7-6-8-10-14)11-12-18(21-17)22-19(26)27-20(2,3)4;1-16(2,3)23-15(22)19-13-10-9-12(14(17)18-13)21-20-11-7-5-4-6-8-11;1-2-5(7)8-4-3-6;1-2-4-5-3-1/h6-12H,5,13H2,1-4H3,(H,21,22,26);4-10H,1-3H3,(H3,17,18,19,22);2,4H2,1H3;1-4H2. The van der Waals surface area contributed by atoms with E-state index in [0.717, 1.165) is 13.2 Å². The Labute approximate surface area is 368 Å². The van der Waals surface area contributed by atoms with Crippen LogP contribution >= 0.6 is 0 Å². The van der Waals surface area contributed by atoms with Crippen molar-refractivity contribution in [2.45, 2.75) is 98.7 Å². The van der Waals surface area contributed by atoms with Crippen molar-refractivity contribution in [3.63, 3.8) is 0 Å². The Morgan fingerprint density at radius 3 is 1.59 bits per heavy atom. The van der Waals surface area contributed by atoms with E-state index in [4.69, 9.17) is 25.2 Å². The largest absolute Gasteiger partial charge is 0.450 e. The molecule has 1 aliphatic rings. The van der Waals surface area contributed by atoms with E-state index >= 15 is 0 Å². The summed E-state index contributed by atoms with van der Waals surface area (Å²) in [6.07, 6.45) is 2.19. The van der Waals surface area contributed by atoms with Gasteiger partial charge in [-0.2, -0.15) is 15.5 Å². The van der Waals surface area contributed by atoms with Crippen LogP contribution in [-0.2, 0) is 35.0 Å². The Balaban J connectivity index is 0.000000339. The van der Waals surface area contributed by atoms with Crippen LogP contribution in [0.3, 0.4) is 0 Å². The number of Topliss-reactive ketones (excluding diaryl/α,β-unsaturated/α-hetero) is 1. The van der Waals surface area contributed by atoms with Crippen LogP contribution in [0.15, 0.2) is 105 Å². The van der Waals surface area contributed by atoms with E-state index in [9.17, 15) is 19.2 Å². The second kappa shape index (κ2) is 27.7. The Morgan fingerprint density at radius 1 is 0.698 bits per heavy atom. The van der Waals surface area contributed by atoms with E-state index < -0.39 is 23.4 Å². The van der Waals surface area contributed by atoms with E-state index in [2.05, 4.69) is 45.8 Å². The van der Waals surface area contributed by atoms with Crippen molar-refractivity contribution < 1.29 is 38.1 Å². The lowest BCUT2D eigenvalue weighted by atomic mass is 10.1. The van der Waals surface area contributed by atoms with Gasteiger partial charge in [0.05, 0.1) is 23.5 Å². The molecule has 0 radical (unpaired) electrons. The summed E-state index contributed by atoms with van der Waals surface area (Å²) in [5.74, 6) is 0.440. The lowest BCUT2D eigenvalue weighted by Gasteiger charge is -2.19. The van der Waals surface area contributed by atoms with Crippen LogP contribution < -0.4 is 16.4 Å². The molecule has 336 valence electrons. The van der Waals surface area contributed by atoms with Crippen LogP contribution in [0.25, 0.3) is 0 Å². The smallest absolute Gasteiger partial charge is 0.413 e. The summed E-state index contributed by atoms with van der Waals surface area (Å²) < 4.78 is 19.6. The summed E-state index contributed by atoms with van der Waals surface area (Å²) in [5, 5.41) is 29.5. The predicted octanol–water partition coefficient (Wildman–Crippen LogP) is 11.1. The van der Waals surface area contributed by atoms with Gasteiger partial charge < -0.3 is 24.7 Å². The first-order chi connectivity index (χ1) is 29.9. The molecule has 1 saturated heterocycles. The average molecular weight is 867 g/mol. The minimum absolute atomic E-state index is 0.0214. The number of ketones is 1. The highest BCUT2D eigenvalue weighted by atomic mass is 16.6. The van der Waals surface area contributed by atoms with Crippen LogP contribution in [-0.4, -0.2) is 64.9 Å². The molecule has 1 fully saturated rings. The number of carbonyl (C=O) groups is 4. The second-order valence-electron chi connectivity index (χ2n) is 15.1. The van der Waals surface area contributed by atoms with Gasteiger partial charge in [0.25, 0.3) is 0 Å². The number of rotatable bonds is 11. The predicted molar refractivity (Wildman–Crippen MR) is 240 cm³/mol. The van der Waals surface area contributed by atoms with Gasteiger partial charge >= 0.3 is 18.2 Å². The molecule has 0 spiro atoms. The van der Waals surface area contributed by atoms with Gasteiger partial charge in [-0.1, -0.05) is 50.2 Å². The molecule has 18 heteroatoms. The van der Waals surface area contributed by atoms with Gasteiger partial charge in [0, 0.05) is 26.1 Å². The van der Waals surface area contributed by atoms with E-state index in [0.29, 0.717) is 47.1 Å². The van der Waals surface area contributed by atoms with Crippen LogP contribution in [0.5, 0.6) is 0 Å². The van der Waals surface area contributed by atoms with Gasteiger partial charge in [0.1, 0.15) is 46.1 Å². The Morgan fingerprint density at radius 2 is 1.17 bits per heavy atom. The molecule has 0 aliphatic carbocycles. The van der Waals surface area contributed by atoms with Crippen LogP contribution in [0.1, 0.15) is 86.8 Å². The number of amides is 2. The number of azo groups is 2. The molecule has 1 aliphatic heterocycles. The first-order valence-electron chi connectivity index (χ1n) is 20.2. The molecular weight excluding hydrogens is 809 g/mol. The summed E-state index contributed by atoms with van der Waals surface area (Å²) in [6.45, 7) is 16.0. The van der Waals surface area contributed by atoms with Crippen LogP contribution in [0.4, 0.5) is 49.8 Å². The van der Waals surface area contributed by atoms with Crippen LogP contribution in [0, 0.1) is 11.3 Å². The van der Waals surface area contributed by atoms with Crippen molar-refractivity contribution in [2.24, 2.45) is 20.5 Å². The number of nitrogens with one attached hydrogen (secondary N) is 2.